The van der Waals surface area contributed by atoms with Crippen molar-refractivity contribution in [1.82, 2.24) is 29.9 Å². The van der Waals surface area contributed by atoms with Gasteiger partial charge in [-0.25, -0.2) is 29.9 Å². The molecule has 0 fully saturated rings. The maximum absolute atomic E-state index is 6.05. The molecule has 10 aromatic rings. The molecule has 0 aliphatic carbocycles. The third-order valence-electron chi connectivity index (χ3n) is 9.45. The van der Waals surface area contributed by atoms with Crippen molar-refractivity contribution in [2.75, 3.05) is 0 Å². The van der Waals surface area contributed by atoms with E-state index >= 15 is 0 Å². The van der Waals surface area contributed by atoms with E-state index in [9.17, 15) is 0 Å². The molecule has 0 aliphatic rings. The van der Waals surface area contributed by atoms with E-state index in [1.807, 2.05) is 91.1 Å². The second kappa shape index (κ2) is 12.7. The van der Waals surface area contributed by atoms with Crippen molar-refractivity contribution in [3.63, 3.8) is 0 Å². The van der Waals surface area contributed by atoms with Crippen LogP contribution in [0, 0.1) is 0 Å². The van der Waals surface area contributed by atoms with Crippen LogP contribution in [0.15, 0.2) is 175 Å². The number of hydrogen-bond acceptors (Lipinski definition) is 7. The molecule has 0 spiro atoms. The predicted octanol–water partition coefficient (Wildman–Crippen LogP) is 11.1. The summed E-state index contributed by atoms with van der Waals surface area (Å²) in [6.45, 7) is 0. The molecule has 0 amide bonds. The Hall–Kier alpha value is -7.38. The Morgan fingerprint density at radius 1 is 0.340 bits per heavy atom. The summed E-state index contributed by atoms with van der Waals surface area (Å²) < 4.78 is 6.05. The van der Waals surface area contributed by atoms with Gasteiger partial charge in [0.2, 0.25) is 5.71 Å². The third-order valence-corrected chi connectivity index (χ3v) is 9.45. The van der Waals surface area contributed by atoms with Crippen LogP contribution in [0.3, 0.4) is 0 Å². The summed E-state index contributed by atoms with van der Waals surface area (Å²) >= 11 is 0. The first-order chi connectivity index (χ1) is 26.2. The first-order valence-electron chi connectivity index (χ1n) is 17.3. The Labute approximate surface area is 304 Å². The monoisotopic (exact) mass is 680 g/mol. The van der Waals surface area contributed by atoms with Gasteiger partial charge >= 0.3 is 0 Å². The number of pyridine rings is 1. The molecule has 0 saturated heterocycles. The van der Waals surface area contributed by atoms with Crippen LogP contribution in [0.1, 0.15) is 0 Å². The van der Waals surface area contributed by atoms with Crippen LogP contribution in [0.2, 0.25) is 0 Å². The smallest absolute Gasteiger partial charge is 0.229 e. The fourth-order valence-corrected chi connectivity index (χ4v) is 6.70. The van der Waals surface area contributed by atoms with Crippen LogP contribution in [0.4, 0.5) is 0 Å². The normalized spacial score (nSPS) is 11.4. The number of hydrogen-bond donors (Lipinski definition) is 0. The summed E-state index contributed by atoms with van der Waals surface area (Å²) in [7, 11) is 0. The van der Waals surface area contributed by atoms with Crippen molar-refractivity contribution >= 4 is 33.0 Å². The molecule has 6 aromatic carbocycles. The molecule has 4 heterocycles. The molecule has 4 aromatic heterocycles. The second-order valence-electron chi connectivity index (χ2n) is 12.8. The third kappa shape index (κ3) is 5.76. The molecule has 0 saturated carbocycles. The van der Waals surface area contributed by atoms with Crippen molar-refractivity contribution in [2.45, 2.75) is 0 Å². The van der Waals surface area contributed by atoms with Gasteiger partial charge in [-0.05, 0) is 45.7 Å². The van der Waals surface area contributed by atoms with Gasteiger partial charge in [0, 0.05) is 34.0 Å². The van der Waals surface area contributed by atoms with Gasteiger partial charge in [-0.15, -0.1) is 0 Å². The maximum Gasteiger partial charge on any atom is 0.229 e. The van der Waals surface area contributed by atoms with Crippen LogP contribution in [-0.4, -0.2) is 29.9 Å². The van der Waals surface area contributed by atoms with Gasteiger partial charge in [0.25, 0.3) is 0 Å². The summed E-state index contributed by atoms with van der Waals surface area (Å²) in [6, 6.07) is 53.5. The zero-order chi connectivity index (χ0) is 35.1. The van der Waals surface area contributed by atoms with Crippen molar-refractivity contribution in [1.29, 1.82) is 0 Å². The number of benzene rings is 6. The van der Waals surface area contributed by atoms with Crippen LogP contribution in [0.25, 0.3) is 101 Å². The fraction of sp³-hybridized carbons (Fsp3) is 0. The van der Waals surface area contributed by atoms with E-state index in [2.05, 4.69) is 82.8 Å². The average molecular weight is 681 g/mol. The van der Waals surface area contributed by atoms with Crippen LogP contribution in [-0.2, 0) is 0 Å². The molecule has 0 atom stereocenters. The molecule has 0 unspecified atom stereocenters. The summed E-state index contributed by atoms with van der Waals surface area (Å²) in [6.07, 6.45) is 3.55. The molecular weight excluding hydrogens is 653 g/mol. The van der Waals surface area contributed by atoms with E-state index < -0.39 is 0 Å². The van der Waals surface area contributed by atoms with E-state index in [-0.39, 0.29) is 0 Å². The van der Waals surface area contributed by atoms with E-state index in [0.29, 0.717) is 34.6 Å². The summed E-state index contributed by atoms with van der Waals surface area (Å²) in [4.78, 5) is 29.1. The highest BCUT2D eigenvalue weighted by Crippen LogP contribution is 2.33. The average Bonchev–Trinajstić information content (AvgIpc) is 3.61. The zero-order valence-electron chi connectivity index (χ0n) is 28.3. The van der Waals surface area contributed by atoms with Gasteiger partial charge in [-0.1, -0.05) is 140 Å². The van der Waals surface area contributed by atoms with Crippen molar-refractivity contribution in [3.8, 4) is 67.8 Å². The highest BCUT2D eigenvalue weighted by atomic mass is 16.3. The first kappa shape index (κ1) is 30.4. The van der Waals surface area contributed by atoms with Crippen molar-refractivity contribution in [3.05, 3.63) is 170 Å². The standard InChI is InChI=1S/C46H28N6O/c1-3-10-29(11-4-1)35-16-9-17-36(24-35)45-51-43(32-13-5-2-6-14-32)50-44(52-45)33-21-18-31(19-22-33)38-26-39-41-40(53-46(39)48-27-38)28-47-42(49-41)37-23-20-30-12-7-8-15-34(30)25-37/h1-28H. The summed E-state index contributed by atoms with van der Waals surface area (Å²) in [5, 5.41) is 3.14. The number of rotatable bonds is 6. The van der Waals surface area contributed by atoms with Crippen LogP contribution < -0.4 is 0 Å². The van der Waals surface area contributed by atoms with E-state index in [0.717, 1.165) is 60.8 Å². The quantitative estimate of drug-likeness (QED) is 0.173. The largest absolute Gasteiger partial charge is 0.434 e. The van der Waals surface area contributed by atoms with E-state index in [1.165, 1.54) is 5.39 Å². The Morgan fingerprint density at radius 2 is 0.906 bits per heavy atom. The number of furan rings is 1. The van der Waals surface area contributed by atoms with Crippen molar-refractivity contribution in [2.24, 2.45) is 0 Å². The molecule has 7 nitrogen and oxygen atoms in total. The number of aromatic nitrogens is 6. The highest BCUT2D eigenvalue weighted by Gasteiger charge is 2.16. The molecule has 10 rings (SSSR count). The lowest BCUT2D eigenvalue weighted by Crippen LogP contribution is -2.00. The molecule has 7 heteroatoms. The van der Waals surface area contributed by atoms with Crippen LogP contribution in [0.5, 0.6) is 0 Å². The lowest BCUT2D eigenvalue weighted by Gasteiger charge is -2.10. The fourth-order valence-electron chi connectivity index (χ4n) is 6.70. The number of fused-ring (bicyclic) bond motifs is 4. The Bertz CT molecular complexity index is 2940. The van der Waals surface area contributed by atoms with Gasteiger partial charge in [-0.3, -0.25) is 0 Å². The molecule has 0 N–H and O–H groups in total. The molecule has 53 heavy (non-hydrogen) atoms. The zero-order valence-corrected chi connectivity index (χ0v) is 28.3. The van der Waals surface area contributed by atoms with Crippen molar-refractivity contribution < 1.29 is 4.42 Å². The highest BCUT2D eigenvalue weighted by molar-refractivity contribution is 6.02. The topological polar surface area (TPSA) is 90.5 Å². The predicted molar refractivity (Wildman–Crippen MR) is 211 cm³/mol. The Morgan fingerprint density at radius 3 is 1.68 bits per heavy atom. The molecule has 0 aliphatic heterocycles. The van der Waals surface area contributed by atoms with Gasteiger partial charge in [-0.2, -0.15) is 0 Å². The second-order valence-corrected chi connectivity index (χ2v) is 12.8. The molecule has 0 radical (unpaired) electrons. The lowest BCUT2D eigenvalue weighted by atomic mass is 10.0. The van der Waals surface area contributed by atoms with Gasteiger partial charge in [0.15, 0.2) is 28.9 Å². The minimum Gasteiger partial charge on any atom is -0.434 e. The van der Waals surface area contributed by atoms with E-state index in [4.69, 9.17) is 24.4 Å². The molecule has 248 valence electrons. The first-order valence-corrected chi connectivity index (χ1v) is 17.3. The van der Waals surface area contributed by atoms with Gasteiger partial charge < -0.3 is 4.42 Å². The van der Waals surface area contributed by atoms with Gasteiger partial charge in [0.1, 0.15) is 5.52 Å². The van der Waals surface area contributed by atoms with E-state index in [1.54, 1.807) is 6.20 Å². The maximum atomic E-state index is 6.05. The Kier molecular flexibility index (Phi) is 7.32. The number of nitrogens with zero attached hydrogens (tertiary/aromatic N) is 6. The minimum absolute atomic E-state index is 0.521. The summed E-state index contributed by atoms with van der Waals surface area (Å²) in [5.41, 5.74) is 9.68. The molecule has 0 bridgehead atoms. The van der Waals surface area contributed by atoms with Crippen LogP contribution >= 0.6 is 0 Å². The lowest BCUT2D eigenvalue weighted by molar-refractivity contribution is 0.651. The Balaban J connectivity index is 1.01. The molecular formula is C46H28N6O. The van der Waals surface area contributed by atoms with Gasteiger partial charge in [0.05, 0.1) is 11.6 Å². The SMILES string of the molecule is c1ccc(-c2cccc(-c3nc(-c4ccccc4)nc(-c4ccc(-c5cnc6oc7cnc(-c8ccc9ccccc9c8)nc7c6c5)cc4)n3)c2)cc1. The summed E-state index contributed by atoms with van der Waals surface area (Å²) in [5.74, 6) is 2.46. The minimum atomic E-state index is 0.521.